The van der Waals surface area contributed by atoms with E-state index in [1.54, 1.807) is 0 Å². The average molecular weight is 413 g/mol. The van der Waals surface area contributed by atoms with Gasteiger partial charge in [0.25, 0.3) is 0 Å². The lowest BCUT2D eigenvalue weighted by atomic mass is 9.77. The highest BCUT2D eigenvalue weighted by atomic mass is 16.6. The quantitative estimate of drug-likeness (QED) is 0.173. The summed E-state index contributed by atoms with van der Waals surface area (Å²) in [4.78, 5) is 0. The van der Waals surface area contributed by atoms with Crippen molar-refractivity contribution in [2.45, 2.75) is 101 Å². The molecule has 1 aromatic carbocycles. The van der Waals surface area contributed by atoms with Gasteiger partial charge in [0.05, 0.1) is 19.8 Å². The van der Waals surface area contributed by atoms with E-state index in [0.717, 1.165) is 6.61 Å². The molecule has 1 aliphatic carbocycles. The van der Waals surface area contributed by atoms with Crippen LogP contribution in [0.3, 0.4) is 0 Å². The number of fused-ring (bicyclic) bond motifs is 4. The van der Waals surface area contributed by atoms with Crippen LogP contribution in [0.1, 0.15) is 94.6 Å². The summed E-state index contributed by atoms with van der Waals surface area (Å²) in [6, 6.07) is 9.03. The molecule has 0 spiro atoms. The number of rotatable bonds is 16. The lowest BCUT2D eigenvalue weighted by Gasteiger charge is -2.25. The van der Waals surface area contributed by atoms with E-state index in [1.807, 2.05) is 0 Å². The molecule has 2 fully saturated rings. The highest BCUT2D eigenvalue weighted by molar-refractivity contribution is 5.42. The summed E-state index contributed by atoms with van der Waals surface area (Å²) in [5.74, 6) is 0.530. The first kappa shape index (κ1) is 22.0. The fourth-order valence-electron chi connectivity index (χ4n) is 4.97. The van der Waals surface area contributed by atoms with Gasteiger partial charge in [-0.25, -0.2) is 0 Å². The number of hydrogen-bond donors (Lipinski definition) is 0. The molecule has 4 rings (SSSR count). The zero-order chi connectivity index (χ0) is 20.7. The molecule has 1 aromatic rings. The predicted molar refractivity (Wildman–Crippen MR) is 122 cm³/mol. The molecule has 2 heterocycles. The molecular formula is C27H40O3. The molecule has 0 N–H and O–H groups in total. The Hall–Kier alpha value is -1.16. The van der Waals surface area contributed by atoms with Gasteiger partial charge in [-0.1, -0.05) is 81.9 Å². The minimum atomic E-state index is -0.185. The van der Waals surface area contributed by atoms with Crippen molar-refractivity contribution in [3.8, 4) is 0 Å². The number of ether oxygens (including phenoxy) is 3. The highest BCUT2D eigenvalue weighted by Crippen LogP contribution is 2.57. The van der Waals surface area contributed by atoms with Gasteiger partial charge in [-0.2, -0.15) is 0 Å². The van der Waals surface area contributed by atoms with E-state index in [-0.39, 0.29) is 5.60 Å². The molecule has 4 unspecified atom stereocenters. The molecule has 0 aromatic heterocycles. The molecular weight excluding hydrogens is 372 g/mol. The van der Waals surface area contributed by atoms with Crippen LogP contribution in [0.25, 0.3) is 0 Å². The van der Waals surface area contributed by atoms with Crippen LogP contribution in [-0.4, -0.2) is 32.0 Å². The van der Waals surface area contributed by atoms with Crippen LogP contribution in [0.5, 0.6) is 0 Å². The van der Waals surface area contributed by atoms with E-state index in [4.69, 9.17) is 14.2 Å². The summed E-state index contributed by atoms with van der Waals surface area (Å²) in [5.41, 5.74) is 2.58. The normalized spacial score (nSPS) is 28.6. The van der Waals surface area contributed by atoms with Gasteiger partial charge in [0.1, 0.15) is 17.8 Å². The largest absolute Gasteiger partial charge is 0.375 e. The number of epoxide rings is 2. The molecule has 0 saturated carbocycles. The van der Waals surface area contributed by atoms with Crippen molar-refractivity contribution in [3.05, 3.63) is 47.5 Å². The fraction of sp³-hybridized carbons (Fsp3) is 0.704. The maximum absolute atomic E-state index is 6.32. The summed E-state index contributed by atoms with van der Waals surface area (Å²) in [7, 11) is 0. The van der Waals surface area contributed by atoms with Crippen LogP contribution < -0.4 is 0 Å². The van der Waals surface area contributed by atoms with Crippen molar-refractivity contribution in [1.82, 2.24) is 0 Å². The smallest absolute Gasteiger partial charge is 0.143 e. The number of benzene rings is 1. The molecule has 0 radical (unpaired) electrons. The van der Waals surface area contributed by atoms with E-state index in [2.05, 4.69) is 43.3 Å². The van der Waals surface area contributed by atoms with Gasteiger partial charge in [-0.05, 0) is 43.2 Å². The van der Waals surface area contributed by atoms with E-state index in [1.165, 1.54) is 81.8 Å². The van der Waals surface area contributed by atoms with Gasteiger partial charge in [0, 0.05) is 5.92 Å². The molecule has 3 nitrogen and oxygen atoms in total. The van der Waals surface area contributed by atoms with Crippen LogP contribution >= 0.6 is 0 Å². The topological polar surface area (TPSA) is 34.3 Å². The second-order valence-corrected chi connectivity index (χ2v) is 9.44. The second-order valence-electron chi connectivity index (χ2n) is 9.44. The zero-order valence-corrected chi connectivity index (χ0v) is 18.8. The molecule has 3 aliphatic rings. The maximum Gasteiger partial charge on any atom is 0.143 e. The standard InChI is InChI=1S/C27H40O3/c1-2-3-4-5-6-7-8-9-10-11-12-13-17-25-22-15-14-16-23(18-22)27(26(25)30-27)21-28-19-24-20-29-24/h7-8,14-16,18,24-26H,2-6,9-13,17,19-21H2,1H3/b8-7+. The van der Waals surface area contributed by atoms with Crippen molar-refractivity contribution >= 4 is 0 Å². The summed E-state index contributed by atoms with van der Waals surface area (Å²) in [6.07, 6.45) is 19.9. The molecule has 2 bridgehead atoms. The SMILES string of the molecule is CCCCCC/C=C/CCCCCCC1c2cccc(c2)C2(COCC3CO3)OC12. The van der Waals surface area contributed by atoms with Crippen LogP contribution in [-0.2, 0) is 19.8 Å². The summed E-state index contributed by atoms with van der Waals surface area (Å²) >= 11 is 0. The van der Waals surface area contributed by atoms with Crippen molar-refractivity contribution in [2.75, 3.05) is 19.8 Å². The first-order valence-electron chi connectivity index (χ1n) is 12.5. The Balaban J connectivity index is 1.12. The first-order chi connectivity index (χ1) is 14.8. The molecule has 166 valence electrons. The van der Waals surface area contributed by atoms with Gasteiger partial charge in [0.2, 0.25) is 0 Å². The van der Waals surface area contributed by atoms with Gasteiger partial charge in [-0.15, -0.1) is 0 Å². The fourth-order valence-corrected chi connectivity index (χ4v) is 4.97. The Bertz CT molecular complexity index is 680. The van der Waals surface area contributed by atoms with Crippen molar-refractivity contribution < 1.29 is 14.2 Å². The van der Waals surface area contributed by atoms with Crippen LogP contribution in [0.2, 0.25) is 0 Å². The Kier molecular flexibility index (Phi) is 8.03. The molecule has 0 amide bonds. The van der Waals surface area contributed by atoms with E-state index in [9.17, 15) is 0 Å². The van der Waals surface area contributed by atoms with E-state index < -0.39 is 0 Å². The monoisotopic (exact) mass is 412 g/mol. The summed E-state index contributed by atoms with van der Waals surface area (Å²) in [5, 5.41) is 0. The number of unbranched alkanes of at least 4 members (excludes halogenated alkanes) is 8. The predicted octanol–water partition coefficient (Wildman–Crippen LogP) is 6.66. The van der Waals surface area contributed by atoms with Gasteiger partial charge < -0.3 is 14.2 Å². The van der Waals surface area contributed by atoms with E-state index in [0.29, 0.717) is 31.3 Å². The lowest BCUT2D eigenvalue weighted by molar-refractivity contribution is 0.0670. The molecule has 30 heavy (non-hydrogen) atoms. The Morgan fingerprint density at radius 2 is 1.80 bits per heavy atom. The minimum Gasteiger partial charge on any atom is -0.375 e. The number of hydrogen-bond acceptors (Lipinski definition) is 3. The summed E-state index contributed by atoms with van der Waals surface area (Å²) in [6.45, 7) is 4.50. The van der Waals surface area contributed by atoms with Gasteiger partial charge >= 0.3 is 0 Å². The lowest BCUT2D eigenvalue weighted by Crippen LogP contribution is -2.28. The maximum atomic E-state index is 6.32. The molecule has 3 heteroatoms. The van der Waals surface area contributed by atoms with E-state index >= 15 is 0 Å². The molecule has 4 atom stereocenters. The van der Waals surface area contributed by atoms with Crippen molar-refractivity contribution in [1.29, 1.82) is 0 Å². The molecule has 2 aliphatic heterocycles. The second kappa shape index (κ2) is 10.9. The van der Waals surface area contributed by atoms with Gasteiger partial charge in [0.15, 0.2) is 0 Å². The minimum absolute atomic E-state index is 0.185. The van der Waals surface area contributed by atoms with Crippen LogP contribution in [0.15, 0.2) is 36.4 Å². The highest BCUT2D eigenvalue weighted by Gasteiger charge is 2.63. The van der Waals surface area contributed by atoms with Crippen LogP contribution in [0.4, 0.5) is 0 Å². The Morgan fingerprint density at radius 1 is 1.03 bits per heavy atom. The Labute approximate surface area is 183 Å². The number of allylic oxidation sites excluding steroid dienone is 2. The third-order valence-corrected chi connectivity index (χ3v) is 6.96. The van der Waals surface area contributed by atoms with Crippen LogP contribution in [0, 0.1) is 0 Å². The third-order valence-electron chi connectivity index (χ3n) is 6.96. The van der Waals surface area contributed by atoms with Gasteiger partial charge in [-0.3, -0.25) is 0 Å². The zero-order valence-electron chi connectivity index (χ0n) is 18.8. The first-order valence-corrected chi connectivity index (χ1v) is 12.5. The van der Waals surface area contributed by atoms with Crippen molar-refractivity contribution in [3.63, 3.8) is 0 Å². The third kappa shape index (κ3) is 5.75. The average Bonchev–Trinajstić information content (AvgIpc) is 3.68. The molecule has 2 saturated heterocycles. The van der Waals surface area contributed by atoms with Crippen molar-refractivity contribution in [2.24, 2.45) is 0 Å². The summed E-state index contributed by atoms with van der Waals surface area (Å²) < 4.78 is 17.5. The Morgan fingerprint density at radius 3 is 2.57 bits per heavy atom.